The van der Waals surface area contributed by atoms with Crippen molar-refractivity contribution in [3.05, 3.63) is 40.7 Å². The molecule has 2 aliphatic heterocycles. The molecule has 2 N–H and O–H groups in total. The maximum Gasteiger partial charge on any atom is 0.226 e. The molecule has 0 unspecified atom stereocenters. The summed E-state index contributed by atoms with van der Waals surface area (Å²) < 4.78 is 36.8. The first-order valence-corrected chi connectivity index (χ1v) is 12.6. The van der Waals surface area contributed by atoms with Gasteiger partial charge in [0.15, 0.2) is 11.6 Å². The van der Waals surface area contributed by atoms with E-state index in [-0.39, 0.29) is 50.6 Å². The highest BCUT2D eigenvalue weighted by Gasteiger charge is 2.39. The van der Waals surface area contributed by atoms with E-state index < -0.39 is 11.6 Å². The zero-order chi connectivity index (χ0) is 24.7. The number of ether oxygens (including phenoxy) is 1. The monoisotopic (exact) mass is 505 g/mol. The molecular weight excluding hydrogens is 484 g/mol. The van der Waals surface area contributed by atoms with Crippen LogP contribution in [0.4, 0.5) is 19.7 Å². The van der Waals surface area contributed by atoms with Crippen molar-refractivity contribution < 1.29 is 13.5 Å². The number of nitrogens with two attached hydrogens (primary N) is 1. The number of nitrogen functional groups attached to an aromatic ring is 1. The fourth-order valence-electron chi connectivity index (χ4n) is 5.35. The first-order chi connectivity index (χ1) is 17.5. The Kier molecular flexibility index (Phi) is 4.70. The molecule has 0 atom stereocenters. The summed E-state index contributed by atoms with van der Waals surface area (Å²) in [4.78, 5) is 17.9. The van der Waals surface area contributed by atoms with Gasteiger partial charge in [0.2, 0.25) is 5.95 Å². The Bertz CT molecular complexity index is 1620. The van der Waals surface area contributed by atoms with Crippen molar-refractivity contribution in [1.29, 1.82) is 5.26 Å². The van der Waals surface area contributed by atoms with E-state index >= 15 is 4.39 Å². The molecule has 8 nitrogen and oxygen atoms in total. The SMILES string of the molecule is CN(C1CC1)C1CN(c2ncc3c4c(c(-c5ncc(F)c6sc(N)c(C#N)c56)c(F)c3n2)COC4)C1. The Balaban J connectivity index is 1.39. The zero-order valence-electron chi connectivity index (χ0n) is 19.4. The van der Waals surface area contributed by atoms with Crippen molar-refractivity contribution in [2.45, 2.75) is 38.1 Å². The largest absolute Gasteiger partial charge is 0.389 e. The number of pyridine rings is 1. The van der Waals surface area contributed by atoms with Gasteiger partial charge in [-0.25, -0.2) is 18.7 Å². The minimum Gasteiger partial charge on any atom is -0.389 e. The Hall–Kier alpha value is -3.46. The second-order valence-corrected chi connectivity index (χ2v) is 10.7. The minimum absolute atomic E-state index is 0.0962. The van der Waals surface area contributed by atoms with Gasteiger partial charge in [0.05, 0.1) is 35.4 Å². The van der Waals surface area contributed by atoms with E-state index in [0.29, 0.717) is 29.0 Å². The average molecular weight is 506 g/mol. The molecule has 1 aliphatic carbocycles. The van der Waals surface area contributed by atoms with Gasteiger partial charge in [-0.05, 0) is 31.0 Å². The number of halogens is 2. The Morgan fingerprint density at radius 2 is 1.94 bits per heavy atom. The maximum atomic E-state index is 16.3. The fourth-order valence-corrected chi connectivity index (χ4v) is 6.27. The minimum atomic E-state index is -0.603. The first kappa shape index (κ1) is 21.8. The van der Waals surface area contributed by atoms with Gasteiger partial charge in [-0.3, -0.25) is 9.88 Å². The Morgan fingerprint density at radius 3 is 2.69 bits per heavy atom. The number of benzene rings is 1. The Morgan fingerprint density at radius 1 is 1.17 bits per heavy atom. The highest BCUT2D eigenvalue weighted by atomic mass is 32.1. The maximum absolute atomic E-state index is 16.3. The standard InChI is InChI=1S/C25H21F2N7OS/c1-33(11-2-3-11)12-7-34(8-12)25-31-5-14-15-9-35-10-16(15)18(20(27)21(14)32-25)22-19-13(4-28)24(29)36-23(19)17(26)6-30-22/h5-6,11-12H,2-3,7-10,29H2,1H3. The number of hydrogen-bond donors (Lipinski definition) is 1. The van der Waals surface area contributed by atoms with E-state index in [4.69, 9.17) is 10.5 Å². The lowest BCUT2D eigenvalue weighted by Crippen LogP contribution is -2.59. The lowest BCUT2D eigenvalue weighted by molar-refractivity contribution is 0.135. The lowest BCUT2D eigenvalue weighted by Gasteiger charge is -2.44. The summed E-state index contributed by atoms with van der Waals surface area (Å²) in [5.41, 5.74) is 8.01. The highest BCUT2D eigenvalue weighted by Crippen LogP contribution is 2.45. The first-order valence-electron chi connectivity index (χ1n) is 11.8. The Labute approximate surface area is 208 Å². The van der Waals surface area contributed by atoms with Crippen LogP contribution in [0.3, 0.4) is 0 Å². The molecule has 36 heavy (non-hydrogen) atoms. The molecule has 5 heterocycles. The summed E-state index contributed by atoms with van der Waals surface area (Å²) in [5, 5.41) is 10.7. The van der Waals surface area contributed by atoms with Gasteiger partial charge in [-0.2, -0.15) is 5.26 Å². The number of rotatable bonds is 4. The third-order valence-electron chi connectivity index (χ3n) is 7.58. The highest BCUT2D eigenvalue weighted by molar-refractivity contribution is 7.23. The topological polar surface area (TPSA) is 104 Å². The van der Waals surface area contributed by atoms with E-state index in [2.05, 4.69) is 26.9 Å². The summed E-state index contributed by atoms with van der Waals surface area (Å²) >= 11 is 0.958. The number of anilines is 2. The van der Waals surface area contributed by atoms with Crippen LogP contribution >= 0.6 is 11.3 Å². The number of hydrogen-bond acceptors (Lipinski definition) is 9. The number of nitriles is 1. The molecule has 0 bridgehead atoms. The van der Waals surface area contributed by atoms with Crippen LogP contribution in [0.25, 0.3) is 32.2 Å². The van der Waals surface area contributed by atoms with E-state index in [0.717, 1.165) is 36.2 Å². The third-order valence-corrected chi connectivity index (χ3v) is 8.60. The van der Waals surface area contributed by atoms with Crippen LogP contribution in [0.2, 0.25) is 0 Å². The van der Waals surface area contributed by atoms with E-state index in [1.807, 2.05) is 11.0 Å². The van der Waals surface area contributed by atoms with Gasteiger partial charge in [-0.1, -0.05) is 0 Å². The van der Waals surface area contributed by atoms with Gasteiger partial charge in [0, 0.05) is 47.7 Å². The van der Waals surface area contributed by atoms with Crippen molar-refractivity contribution in [2.75, 3.05) is 30.8 Å². The second-order valence-electron chi connectivity index (χ2n) is 9.64. The number of fused-ring (bicyclic) bond motifs is 4. The van der Waals surface area contributed by atoms with Crippen LogP contribution in [0.15, 0.2) is 12.4 Å². The van der Waals surface area contributed by atoms with E-state index in [1.165, 1.54) is 12.8 Å². The van der Waals surface area contributed by atoms with Crippen LogP contribution in [-0.4, -0.2) is 52.1 Å². The normalized spacial score (nSPS) is 17.7. The summed E-state index contributed by atoms with van der Waals surface area (Å²) in [6.07, 6.45) is 5.19. The van der Waals surface area contributed by atoms with Gasteiger partial charge < -0.3 is 15.4 Å². The number of thiophene rings is 1. The molecule has 0 radical (unpaired) electrons. The molecule has 3 aromatic heterocycles. The van der Waals surface area contributed by atoms with E-state index in [1.54, 1.807) is 6.20 Å². The average Bonchev–Trinajstić information content (AvgIpc) is 3.48. The molecule has 7 rings (SSSR count). The smallest absolute Gasteiger partial charge is 0.226 e. The molecule has 3 aliphatic rings. The molecule has 0 amide bonds. The molecule has 2 fully saturated rings. The molecule has 1 aromatic carbocycles. The summed E-state index contributed by atoms with van der Waals surface area (Å²) in [5.74, 6) is -0.713. The van der Waals surface area contributed by atoms with Crippen molar-refractivity contribution in [2.24, 2.45) is 0 Å². The van der Waals surface area contributed by atoms with Crippen LogP contribution in [0.1, 0.15) is 29.5 Å². The molecule has 11 heteroatoms. The van der Waals surface area contributed by atoms with Crippen LogP contribution in [0, 0.1) is 23.0 Å². The van der Waals surface area contributed by atoms with Gasteiger partial charge in [0.25, 0.3) is 0 Å². The van der Waals surface area contributed by atoms with Crippen LogP contribution in [-0.2, 0) is 18.0 Å². The fraction of sp³-hybridized carbons (Fsp3) is 0.360. The number of likely N-dealkylation sites (N-methyl/N-ethyl adjacent to an activating group) is 1. The van der Waals surface area contributed by atoms with Crippen molar-refractivity contribution in [1.82, 2.24) is 19.9 Å². The molecular formula is C25H21F2N7OS. The van der Waals surface area contributed by atoms with Gasteiger partial charge in [-0.15, -0.1) is 11.3 Å². The summed E-state index contributed by atoms with van der Waals surface area (Å²) in [6, 6.07) is 3.14. The van der Waals surface area contributed by atoms with E-state index in [9.17, 15) is 9.65 Å². The van der Waals surface area contributed by atoms with Gasteiger partial charge >= 0.3 is 0 Å². The molecule has 4 aromatic rings. The molecule has 182 valence electrons. The third kappa shape index (κ3) is 3.05. The summed E-state index contributed by atoms with van der Waals surface area (Å²) in [6.45, 7) is 2.03. The predicted molar refractivity (Wildman–Crippen MR) is 132 cm³/mol. The van der Waals surface area contributed by atoms with Gasteiger partial charge in [0.1, 0.15) is 16.6 Å². The second kappa shape index (κ2) is 7.77. The molecule has 1 saturated carbocycles. The van der Waals surface area contributed by atoms with Crippen molar-refractivity contribution in [3.63, 3.8) is 0 Å². The van der Waals surface area contributed by atoms with Crippen LogP contribution < -0.4 is 10.6 Å². The van der Waals surface area contributed by atoms with Crippen molar-refractivity contribution >= 4 is 43.3 Å². The molecule has 1 saturated heterocycles. The number of nitrogens with zero attached hydrogens (tertiary/aromatic N) is 6. The molecule has 0 spiro atoms. The number of aromatic nitrogens is 3. The quantitative estimate of drug-likeness (QED) is 0.445. The predicted octanol–water partition coefficient (Wildman–Crippen LogP) is 3.95. The lowest BCUT2D eigenvalue weighted by atomic mass is 9.94. The van der Waals surface area contributed by atoms with Crippen molar-refractivity contribution in [3.8, 4) is 17.3 Å². The van der Waals surface area contributed by atoms with Crippen LogP contribution in [0.5, 0.6) is 0 Å². The summed E-state index contributed by atoms with van der Waals surface area (Å²) in [7, 11) is 2.15. The zero-order valence-corrected chi connectivity index (χ0v) is 20.2.